The largest absolute Gasteiger partial charge is 0.485 e. The molecule has 1 aromatic carbocycles. The van der Waals surface area contributed by atoms with Crippen LogP contribution in [0.25, 0.3) is 0 Å². The van der Waals surface area contributed by atoms with Crippen molar-refractivity contribution in [2.45, 2.75) is 19.6 Å². The second-order valence-electron chi connectivity index (χ2n) is 3.81. The number of aromatic nitrogens is 2. The minimum atomic E-state index is -0.579. The number of aliphatic hydroxyl groups is 1. The van der Waals surface area contributed by atoms with E-state index in [9.17, 15) is 5.11 Å². The summed E-state index contributed by atoms with van der Waals surface area (Å²) in [4.78, 5) is 8.16. The summed E-state index contributed by atoms with van der Waals surface area (Å²) in [6.07, 6.45) is 2.76. The summed E-state index contributed by atoms with van der Waals surface area (Å²) in [7, 11) is 0. The van der Waals surface area contributed by atoms with Gasteiger partial charge in [-0.05, 0) is 25.1 Å². The monoisotopic (exact) mass is 308 g/mol. The van der Waals surface area contributed by atoms with Crippen molar-refractivity contribution in [3.63, 3.8) is 0 Å². The number of nitrogens with zero attached hydrogens (tertiary/aromatic N) is 2. The van der Waals surface area contributed by atoms with Crippen molar-refractivity contribution in [1.82, 2.24) is 9.97 Å². The molecule has 1 atom stereocenters. The lowest BCUT2D eigenvalue weighted by atomic mass is 10.1. The average molecular weight is 309 g/mol. The number of rotatable bonds is 4. The van der Waals surface area contributed by atoms with E-state index in [1.807, 2.05) is 18.2 Å². The molecule has 18 heavy (non-hydrogen) atoms. The van der Waals surface area contributed by atoms with Gasteiger partial charge in [-0.15, -0.1) is 0 Å². The molecule has 1 unspecified atom stereocenters. The van der Waals surface area contributed by atoms with Crippen molar-refractivity contribution in [2.75, 3.05) is 0 Å². The van der Waals surface area contributed by atoms with Crippen molar-refractivity contribution in [1.29, 1.82) is 0 Å². The molecule has 0 saturated carbocycles. The maximum Gasteiger partial charge on any atom is 0.166 e. The van der Waals surface area contributed by atoms with Crippen LogP contribution in [0, 0.1) is 0 Å². The van der Waals surface area contributed by atoms with Gasteiger partial charge in [0.05, 0.1) is 6.10 Å². The highest BCUT2D eigenvalue weighted by molar-refractivity contribution is 9.10. The summed E-state index contributed by atoms with van der Waals surface area (Å²) < 4.78 is 6.55. The molecule has 5 heteroatoms. The van der Waals surface area contributed by atoms with Gasteiger partial charge >= 0.3 is 0 Å². The zero-order valence-corrected chi connectivity index (χ0v) is 11.5. The summed E-state index contributed by atoms with van der Waals surface area (Å²) >= 11 is 3.38. The van der Waals surface area contributed by atoms with E-state index >= 15 is 0 Å². The fourth-order valence-electron chi connectivity index (χ4n) is 1.53. The molecule has 0 aliphatic heterocycles. The molecule has 1 aromatic heterocycles. The van der Waals surface area contributed by atoms with E-state index in [2.05, 4.69) is 25.9 Å². The van der Waals surface area contributed by atoms with Crippen LogP contribution in [0.3, 0.4) is 0 Å². The number of benzene rings is 1. The molecule has 0 radical (unpaired) electrons. The molecule has 1 N–H and O–H groups in total. The lowest BCUT2D eigenvalue weighted by molar-refractivity contribution is 0.189. The molecule has 94 valence electrons. The quantitative estimate of drug-likeness (QED) is 0.943. The van der Waals surface area contributed by atoms with Gasteiger partial charge in [0.25, 0.3) is 0 Å². The second-order valence-corrected chi connectivity index (χ2v) is 4.73. The highest BCUT2D eigenvalue weighted by atomic mass is 79.9. The molecule has 0 bridgehead atoms. The van der Waals surface area contributed by atoms with Crippen LogP contribution >= 0.6 is 15.9 Å². The van der Waals surface area contributed by atoms with Crippen LogP contribution in [0.4, 0.5) is 0 Å². The van der Waals surface area contributed by atoms with Crippen LogP contribution < -0.4 is 4.74 Å². The SMILES string of the molecule is CC(O)c1ccc(Br)cc1OCc1ncccn1. The minimum absolute atomic E-state index is 0.275. The van der Waals surface area contributed by atoms with Gasteiger partial charge in [0, 0.05) is 22.4 Å². The Bertz CT molecular complexity index is 518. The number of ether oxygens (including phenoxy) is 1. The van der Waals surface area contributed by atoms with Crippen molar-refractivity contribution >= 4 is 15.9 Å². The third kappa shape index (κ3) is 3.27. The van der Waals surface area contributed by atoms with Gasteiger partial charge < -0.3 is 9.84 Å². The first-order chi connectivity index (χ1) is 8.66. The van der Waals surface area contributed by atoms with Crippen molar-refractivity contribution in [2.24, 2.45) is 0 Å². The molecule has 1 heterocycles. The molecule has 0 aliphatic rings. The minimum Gasteiger partial charge on any atom is -0.485 e. The third-order valence-corrected chi connectivity index (χ3v) is 2.89. The van der Waals surface area contributed by atoms with Crippen LogP contribution in [-0.4, -0.2) is 15.1 Å². The van der Waals surface area contributed by atoms with Crippen LogP contribution in [0.5, 0.6) is 5.75 Å². The maximum absolute atomic E-state index is 9.67. The van der Waals surface area contributed by atoms with Gasteiger partial charge in [0.2, 0.25) is 0 Å². The number of hydrogen-bond donors (Lipinski definition) is 1. The first-order valence-corrected chi connectivity index (χ1v) is 6.32. The molecule has 0 aliphatic carbocycles. The van der Waals surface area contributed by atoms with Gasteiger partial charge in [-0.25, -0.2) is 9.97 Å². The first kappa shape index (κ1) is 13.0. The Morgan fingerprint density at radius 2 is 2.06 bits per heavy atom. The van der Waals surface area contributed by atoms with Gasteiger partial charge in [-0.2, -0.15) is 0 Å². The topological polar surface area (TPSA) is 55.2 Å². The van der Waals surface area contributed by atoms with Gasteiger partial charge in [0.15, 0.2) is 5.82 Å². The Morgan fingerprint density at radius 3 is 2.72 bits per heavy atom. The van der Waals surface area contributed by atoms with E-state index in [1.54, 1.807) is 25.4 Å². The molecular weight excluding hydrogens is 296 g/mol. The maximum atomic E-state index is 9.67. The Kier molecular flexibility index (Phi) is 4.28. The van der Waals surface area contributed by atoms with Gasteiger partial charge in [-0.1, -0.05) is 22.0 Å². The molecule has 2 rings (SSSR count). The predicted octanol–water partition coefficient (Wildman–Crippen LogP) is 2.87. The van der Waals surface area contributed by atoms with Gasteiger partial charge in [-0.3, -0.25) is 0 Å². The molecule has 4 nitrogen and oxygen atoms in total. The van der Waals surface area contributed by atoms with Crippen LogP contribution in [0.1, 0.15) is 24.4 Å². The van der Waals surface area contributed by atoms with Crippen molar-refractivity contribution in [3.8, 4) is 5.75 Å². The summed E-state index contributed by atoms with van der Waals surface area (Å²) in [6, 6.07) is 7.28. The molecule has 0 spiro atoms. The van der Waals surface area contributed by atoms with E-state index in [4.69, 9.17) is 4.74 Å². The van der Waals surface area contributed by atoms with E-state index in [1.165, 1.54) is 0 Å². The standard InChI is InChI=1S/C13H13BrN2O2/c1-9(17)11-4-3-10(14)7-12(11)18-8-13-15-5-2-6-16-13/h2-7,9,17H,8H2,1H3. The first-order valence-electron chi connectivity index (χ1n) is 5.53. The zero-order chi connectivity index (χ0) is 13.0. The molecule has 0 amide bonds. The molecular formula is C13H13BrN2O2. The van der Waals surface area contributed by atoms with E-state index in [0.29, 0.717) is 11.6 Å². The Labute approximate surface area is 114 Å². The number of aliphatic hydroxyl groups excluding tert-OH is 1. The molecule has 2 aromatic rings. The molecule has 0 fully saturated rings. The van der Waals surface area contributed by atoms with Crippen LogP contribution in [0.2, 0.25) is 0 Å². The van der Waals surface area contributed by atoms with Gasteiger partial charge in [0.1, 0.15) is 12.4 Å². The smallest absolute Gasteiger partial charge is 0.166 e. The summed E-state index contributed by atoms with van der Waals surface area (Å²) in [5.41, 5.74) is 0.745. The normalized spacial score (nSPS) is 12.2. The second kappa shape index (κ2) is 5.93. The number of halogens is 1. The Hall–Kier alpha value is -1.46. The average Bonchev–Trinajstić information content (AvgIpc) is 2.37. The summed E-state index contributed by atoms with van der Waals surface area (Å²) in [5.74, 6) is 1.24. The highest BCUT2D eigenvalue weighted by Gasteiger charge is 2.10. The van der Waals surface area contributed by atoms with Crippen LogP contribution in [-0.2, 0) is 6.61 Å². The predicted molar refractivity (Wildman–Crippen MR) is 71.1 cm³/mol. The Balaban J connectivity index is 2.15. The number of hydrogen-bond acceptors (Lipinski definition) is 4. The van der Waals surface area contributed by atoms with Crippen LogP contribution in [0.15, 0.2) is 41.1 Å². The summed E-state index contributed by atoms with van der Waals surface area (Å²) in [5, 5.41) is 9.67. The lowest BCUT2D eigenvalue weighted by Gasteiger charge is -2.13. The molecule has 0 saturated heterocycles. The highest BCUT2D eigenvalue weighted by Crippen LogP contribution is 2.28. The third-order valence-electron chi connectivity index (χ3n) is 2.40. The zero-order valence-electron chi connectivity index (χ0n) is 9.88. The van der Waals surface area contributed by atoms with E-state index in [0.717, 1.165) is 10.0 Å². The van der Waals surface area contributed by atoms with E-state index in [-0.39, 0.29) is 6.61 Å². The fraction of sp³-hybridized carbons (Fsp3) is 0.231. The lowest BCUT2D eigenvalue weighted by Crippen LogP contribution is -2.03. The summed E-state index contributed by atoms with van der Waals surface area (Å²) in [6.45, 7) is 1.98. The Morgan fingerprint density at radius 1 is 1.33 bits per heavy atom. The van der Waals surface area contributed by atoms with Crippen molar-refractivity contribution < 1.29 is 9.84 Å². The van der Waals surface area contributed by atoms with E-state index < -0.39 is 6.10 Å². The van der Waals surface area contributed by atoms with Crippen molar-refractivity contribution in [3.05, 3.63) is 52.5 Å². The fourth-order valence-corrected chi connectivity index (χ4v) is 1.87.